The standard InChI is InChI=1S/C21H32N6O3S/c1-4-30-19(29)13-17-15-31-21(23-17)24-18(28)14-26-9-7-25(8-10-26)11-12-27-6-5-22-20(27)16(2)3/h5-6,15-16H,4,7-14H2,1-3H3,(H,23,24,28). The maximum atomic E-state index is 12.4. The molecule has 1 fully saturated rings. The molecule has 0 atom stereocenters. The van der Waals surface area contributed by atoms with Gasteiger partial charge in [-0.2, -0.15) is 0 Å². The highest BCUT2D eigenvalue weighted by Gasteiger charge is 2.20. The summed E-state index contributed by atoms with van der Waals surface area (Å²) in [6.45, 7) is 12.3. The maximum Gasteiger partial charge on any atom is 0.311 e. The fourth-order valence-electron chi connectivity index (χ4n) is 3.60. The Morgan fingerprint density at radius 1 is 1.19 bits per heavy atom. The van der Waals surface area contributed by atoms with Crippen molar-refractivity contribution in [2.24, 2.45) is 0 Å². The van der Waals surface area contributed by atoms with E-state index in [0.29, 0.717) is 29.9 Å². The van der Waals surface area contributed by atoms with E-state index >= 15 is 0 Å². The molecule has 3 rings (SSSR count). The number of anilines is 1. The first-order valence-corrected chi connectivity index (χ1v) is 11.7. The average molecular weight is 449 g/mol. The molecule has 0 saturated carbocycles. The molecule has 0 unspecified atom stereocenters. The van der Waals surface area contributed by atoms with Gasteiger partial charge < -0.3 is 14.6 Å². The number of amides is 1. The lowest BCUT2D eigenvalue weighted by atomic mass is 10.2. The van der Waals surface area contributed by atoms with Gasteiger partial charge in [-0.15, -0.1) is 11.3 Å². The molecular formula is C21H32N6O3S. The van der Waals surface area contributed by atoms with Crippen LogP contribution in [0.25, 0.3) is 0 Å². The topological polar surface area (TPSA) is 92.6 Å². The lowest BCUT2D eigenvalue weighted by Crippen LogP contribution is -2.49. The van der Waals surface area contributed by atoms with Gasteiger partial charge >= 0.3 is 5.97 Å². The Kier molecular flexibility index (Phi) is 8.56. The molecule has 0 aromatic carbocycles. The predicted octanol–water partition coefficient (Wildman–Crippen LogP) is 1.82. The Balaban J connectivity index is 1.37. The number of nitrogens with zero attached hydrogens (tertiary/aromatic N) is 5. The third-order valence-corrected chi connectivity index (χ3v) is 5.99. The van der Waals surface area contributed by atoms with Gasteiger partial charge in [-0.3, -0.25) is 19.4 Å². The number of rotatable bonds is 10. The summed E-state index contributed by atoms with van der Waals surface area (Å²) in [5.74, 6) is 1.16. The minimum atomic E-state index is -0.308. The molecule has 31 heavy (non-hydrogen) atoms. The first-order chi connectivity index (χ1) is 14.9. The molecule has 1 N–H and O–H groups in total. The lowest BCUT2D eigenvalue weighted by Gasteiger charge is -2.34. The molecule has 2 aromatic rings. The van der Waals surface area contributed by atoms with Crippen molar-refractivity contribution in [3.63, 3.8) is 0 Å². The van der Waals surface area contributed by atoms with Gasteiger partial charge in [-0.05, 0) is 6.92 Å². The van der Waals surface area contributed by atoms with Gasteiger partial charge in [0.25, 0.3) is 0 Å². The number of hydrogen-bond donors (Lipinski definition) is 1. The largest absolute Gasteiger partial charge is 0.466 e. The number of piperazine rings is 1. The van der Waals surface area contributed by atoms with Crippen LogP contribution >= 0.6 is 11.3 Å². The van der Waals surface area contributed by atoms with Crippen molar-refractivity contribution in [3.05, 3.63) is 29.3 Å². The Bertz CT molecular complexity index is 857. The summed E-state index contributed by atoms with van der Waals surface area (Å²) in [6, 6.07) is 0. The Hall–Kier alpha value is -2.30. The van der Waals surface area contributed by atoms with Crippen LogP contribution in [0.1, 0.15) is 38.2 Å². The molecule has 0 aliphatic carbocycles. The van der Waals surface area contributed by atoms with Gasteiger partial charge in [-0.25, -0.2) is 9.97 Å². The van der Waals surface area contributed by atoms with Crippen molar-refractivity contribution >= 4 is 28.3 Å². The van der Waals surface area contributed by atoms with E-state index in [9.17, 15) is 9.59 Å². The molecule has 170 valence electrons. The number of imidazole rings is 1. The van der Waals surface area contributed by atoms with Crippen molar-refractivity contribution in [2.45, 2.75) is 39.7 Å². The molecule has 1 saturated heterocycles. The van der Waals surface area contributed by atoms with Crippen LogP contribution in [-0.4, -0.2) is 82.1 Å². The van der Waals surface area contributed by atoms with Gasteiger partial charge in [0, 0.05) is 63.0 Å². The van der Waals surface area contributed by atoms with Crippen molar-refractivity contribution in [2.75, 3.05) is 51.2 Å². The summed E-state index contributed by atoms with van der Waals surface area (Å²) < 4.78 is 7.15. The quantitative estimate of drug-likeness (QED) is 0.554. The van der Waals surface area contributed by atoms with Crippen LogP contribution in [-0.2, 0) is 27.3 Å². The van der Waals surface area contributed by atoms with E-state index in [1.54, 1.807) is 12.3 Å². The van der Waals surface area contributed by atoms with Crippen LogP contribution in [0.15, 0.2) is 17.8 Å². The zero-order chi connectivity index (χ0) is 22.2. The summed E-state index contributed by atoms with van der Waals surface area (Å²) in [5.41, 5.74) is 0.617. The van der Waals surface area contributed by atoms with Gasteiger partial charge in [0.2, 0.25) is 5.91 Å². The molecule has 3 heterocycles. The Labute approximate surface area is 187 Å². The van der Waals surface area contributed by atoms with E-state index in [0.717, 1.165) is 45.1 Å². The lowest BCUT2D eigenvalue weighted by molar-refractivity contribution is -0.142. The molecule has 1 aliphatic rings. The minimum absolute atomic E-state index is 0.0783. The summed E-state index contributed by atoms with van der Waals surface area (Å²) in [7, 11) is 0. The number of carbonyl (C=O) groups excluding carboxylic acids is 2. The van der Waals surface area contributed by atoms with E-state index in [-0.39, 0.29) is 18.3 Å². The van der Waals surface area contributed by atoms with Gasteiger partial charge in [0.05, 0.1) is 25.3 Å². The fraction of sp³-hybridized carbons (Fsp3) is 0.619. The number of thiazole rings is 1. The molecule has 1 amide bonds. The first-order valence-electron chi connectivity index (χ1n) is 10.8. The average Bonchev–Trinajstić information content (AvgIpc) is 3.37. The monoisotopic (exact) mass is 448 g/mol. The molecular weight excluding hydrogens is 416 g/mol. The highest BCUT2D eigenvalue weighted by atomic mass is 32.1. The van der Waals surface area contributed by atoms with E-state index < -0.39 is 0 Å². The summed E-state index contributed by atoms with van der Waals surface area (Å²) >= 11 is 1.32. The second-order valence-electron chi connectivity index (χ2n) is 7.93. The maximum absolute atomic E-state index is 12.4. The second kappa shape index (κ2) is 11.4. The summed E-state index contributed by atoms with van der Waals surface area (Å²) in [4.78, 5) is 37.2. The van der Waals surface area contributed by atoms with E-state index in [1.807, 2.05) is 12.4 Å². The normalized spacial score (nSPS) is 15.4. The van der Waals surface area contributed by atoms with Crippen LogP contribution in [0.4, 0.5) is 5.13 Å². The number of aromatic nitrogens is 3. The molecule has 2 aromatic heterocycles. The minimum Gasteiger partial charge on any atom is -0.466 e. The summed E-state index contributed by atoms with van der Waals surface area (Å²) in [5, 5.41) is 5.13. The molecule has 0 bridgehead atoms. The fourth-order valence-corrected chi connectivity index (χ4v) is 4.32. The number of carbonyl (C=O) groups is 2. The SMILES string of the molecule is CCOC(=O)Cc1csc(NC(=O)CN2CCN(CCn3ccnc3C(C)C)CC2)n1. The van der Waals surface area contributed by atoms with Gasteiger partial charge in [0.1, 0.15) is 5.82 Å². The third kappa shape index (κ3) is 7.12. The van der Waals surface area contributed by atoms with Crippen molar-refractivity contribution in [3.8, 4) is 0 Å². The number of esters is 1. The van der Waals surface area contributed by atoms with Crippen LogP contribution in [0.3, 0.4) is 0 Å². The first kappa shape index (κ1) is 23.4. The molecule has 1 aliphatic heterocycles. The highest BCUT2D eigenvalue weighted by molar-refractivity contribution is 7.13. The van der Waals surface area contributed by atoms with Gasteiger partial charge in [0.15, 0.2) is 5.13 Å². The molecule has 0 radical (unpaired) electrons. The van der Waals surface area contributed by atoms with Crippen LogP contribution < -0.4 is 5.32 Å². The van der Waals surface area contributed by atoms with Crippen LogP contribution in [0.2, 0.25) is 0 Å². The Morgan fingerprint density at radius 3 is 2.65 bits per heavy atom. The Morgan fingerprint density at radius 2 is 1.94 bits per heavy atom. The van der Waals surface area contributed by atoms with Crippen molar-refractivity contribution in [1.29, 1.82) is 0 Å². The zero-order valence-electron chi connectivity index (χ0n) is 18.5. The molecule has 0 spiro atoms. The highest BCUT2D eigenvalue weighted by Crippen LogP contribution is 2.16. The predicted molar refractivity (Wildman–Crippen MR) is 120 cm³/mol. The smallest absolute Gasteiger partial charge is 0.311 e. The van der Waals surface area contributed by atoms with E-state index in [1.165, 1.54) is 11.3 Å². The number of nitrogens with one attached hydrogen (secondary N) is 1. The van der Waals surface area contributed by atoms with Crippen LogP contribution in [0, 0.1) is 0 Å². The number of hydrogen-bond acceptors (Lipinski definition) is 8. The second-order valence-corrected chi connectivity index (χ2v) is 8.78. The van der Waals surface area contributed by atoms with Crippen LogP contribution in [0.5, 0.6) is 0 Å². The van der Waals surface area contributed by atoms with E-state index in [2.05, 4.69) is 43.5 Å². The van der Waals surface area contributed by atoms with Crippen molar-refractivity contribution in [1.82, 2.24) is 24.3 Å². The zero-order valence-corrected chi connectivity index (χ0v) is 19.4. The molecule has 9 nitrogen and oxygen atoms in total. The summed E-state index contributed by atoms with van der Waals surface area (Å²) in [6.07, 6.45) is 4.04. The number of ether oxygens (including phenoxy) is 1. The van der Waals surface area contributed by atoms with Crippen molar-refractivity contribution < 1.29 is 14.3 Å². The van der Waals surface area contributed by atoms with E-state index in [4.69, 9.17) is 4.74 Å². The van der Waals surface area contributed by atoms with Gasteiger partial charge in [-0.1, -0.05) is 13.8 Å². The third-order valence-electron chi connectivity index (χ3n) is 5.18. The molecule has 10 heteroatoms.